The third kappa shape index (κ3) is 3.31. The molecule has 0 atom stereocenters. The van der Waals surface area contributed by atoms with Crippen molar-refractivity contribution in [2.45, 2.75) is 33.3 Å². The van der Waals surface area contributed by atoms with Crippen molar-refractivity contribution in [2.24, 2.45) is 5.92 Å². The summed E-state index contributed by atoms with van der Waals surface area (Å²) in [6, 6.07) is 4.63. The first-order valence-corrected chi connectivity index (χ1v) is 5.41. The van der Waals surface area contributed by atoms with Crippen LogP contribution in [0, 0.1) is 16.0 Å². The Balaban J connectivity index is 2.93. The quantitative estimate of drug-likeness (QED) is 0.616. The normalized spacial score (nSPS) is 10.8. The molecule has 0 radical (unpaired) electrons. The number of rotatable bonds is 5. The number of hydrogen-bond acceptors (Lipinski definition) is 3. The number of nitro groups is 1. The van der Waals surface area contributed by atoms with Crippen molar-refractivity contribution < 1.29 is 10.0 Å². The van der Waals surface area contributed by atoms with Gasteiger partial charge >= 0.3 is 0 Å². The molecule has 1 aromatic carbocycles. The lowest BCUT2D eigenvalue weighted by Gasteiger charge is -2.08. The summed E-state index contributed by atoms with van der Waals surface area (Å²) in [4.78, 5) is 10.2. The fourth-order valence-corrected chi connectivity index (χ4v) is 1.56. The second kappa shape index (κ2) is 5.61. The van der Waals surface area contributed by atoms with Crippen LogP contribution in [0.1, 0.15) is 31.4 Å². The van der Waals surface area contributed by atoms with Crippen molar-refractivity contribution in [3.05, 3.63) is 39.4 Å². The highest BCUT2D eigenvalue weighted by atomic mass is 16.6. The van der Waals surface area contributed by atoms with E-state index >= 15 is 0 Å². The average Bonchev–Trinajstić information content (AvgIpc) is 2.25. The van der Waals surface area contributed by atoms with Crippen molar-refractivity contribution in [3.8, 4) is 0 Å². The monoisotopic (exact) mass is 223 g/mol. The molecule has 0 amide bonds. The molecule has 16 heavy (non-hydrogen) atoms. The zero-order chi connectivity index (χ0) is 12.1. The van der Waals surface area contributed by atoms with Gasteiger partial charge < -0.3 is 5.11 Å². The Labute approximate surface area is 95.1 Å². The standard InChI is InChI=1S/C12H17NO3/c1-9(2)3-4-10-7-12(13(15)16)6-5-11(10)8-14/h5-7,9,14H,3-4,8H2,1-2H3. The third-order valence-corrected chi connectivity index (χ3v) is 2.56. The Kier molecular flexibility index (Phi) is 4.43. The summed E-state index contributed by atoms with van der Waals surface area (Å²) in [5.74, 6) is 0.547. The topological polar surface area (TPSA) is 63.4 Å². The third-order valence-electron chi connectivity index (χ3n) is 2.56. The van der Waals surface area contributed by atoms with E-state index in [2.05, 4.69) is 13.8 Å². The number of benzene rings is 1. The van der Waals surface area contributed by atoms with E-state index in [1.165, 1.54) is 6.07 Å². The molecule has 4 heteroatoms. The summed E-state index contributed by atoms with van der Waals surface area (Å²) < 4.78 is 0. The second-order valence-corrected chi connectivity index (χ2v) is 4.30. The molecule has 0 heterocycles. The number of nitrogens with zero attached hydrogens (tertiary/aromatic N) is 1. The molecule has 0 aromatic heterocycles. The van der Waals surface area contributed by atoms with Gasteiger partial charge in [0, 0.05) is 12.1 Å². The Morgan fingerprint density at radius 3 is 2.56 bits per heavy atom. The largest absolute Gasteiger partial charge is 0.392 e. The van der Waals surface area contributed by atoms with Gasteiger partial charge in [0.05, 0.1) is 11.5 Å². The first kappa shape index (κ1) is 12.6. The van der Waals surface area contributed by atoms with Crippen molar-refractivity contribution in [1.29, 1.82) is 0 Å². The van der Waals surface area contributed by atoms with Crippen LogP contribution in [0.5, 0.6) is 0 Å². The highest BCUT2D eigenvalue weighted by molar-refractivity contribution is 5.39. The number of aliphatic hydroxyl groups is 1. The lowest BCUT2D eigenvalue weighted by Crippen LogP contribution is -1.99. The van der Waals surface area contributed by atoms with Crippen LogP contribution in [-0.4, -0.2) is 10.0 Å². The minimum absolute atomic E-state index is 0.0641. The van der Waals surface area contributed by atoms with Crippen LogP contribution in [0.15, 0.2) is 18.2 Å². The van der Waals surface area contributed by atoms with Crippen molar-refractivity contribution in [2.75, 3.05) is 0 Å². The number of non-ortho nitro benzene ring substituents is 1. The molecular formula is C12H17NO3. The summed E-state index contributed by atoms with van der Waals surface area (Å²) in [5.41, 5.74) is 1.76. The lowest BCUT2D eigenvalue weighted by molar-refractivity contribution is -0.384. The van der Waals surface area contributed by atoms with Crippen LogP contribution in [0.2, 0.25) is 0 Å². The molecule has 1 aromatic rings. The predicted molar refractivity (Wildman–Crippen MR) is 62.2 cm³/mol. The average molecular weight is 223 g/mol. The highest BCUT2D eigenvalue weighted by Gasteiger charge is 2.10. The van der Waals surface area contributed by atoms with Crippen molar-refractivity contribution >= 4 is 5.69 Å². The molecule has 88 valence electrons. The molecule has 1 N–H and O–H groups in total. The number of aryl methyl sites for hydroxylation is 1. The van der Waals surface area contributed by atoms with Gasteiger partial charge in [0.1, 0.15) is 0 Å². The SMILES string of the molecule is CC(C)CCc1cc([N+](=O)[O-])ccc1CO. The van der Waals surface area contributed by atoms with Crippen LogP contribution in [-0.2, 0) is 13.0 Å². The zero-order valence-electron chi connectivity index (χ0n) is 9.64. The summed E-state index contributed by atoms with van der Waals surface area (Å²) in [5, 5.41) is 19.8. The van der Waals surface area contributed by atoms with Crippen LogP contribution < -0.4 is 0 Å². The molecule has 0 spiro atoms. The van der Waals surface area contributed by atoms with E-state index in [-0.39, 0.29) is 12.3 Å². The molecule has 4 nitrogen and oxygen atoms in total. The number of nitro benzene ring substituents is 1. The maximum Gasteiger partial charge on any atom is 0.269 e. The lowest BCUT2D eigenvalue weighted by atomic mass is 9.98. The molecular weight excluding hydrogens is 206 g/mol. The Morgan fingerprint density at radius 2 is 2.06 bits per heavy atom. The van der Waals surface area contributed by atoms with Gasteiger partial charge in [-0.15, -0.1) is 0 Å². The minimum atomic E-state index is -0.403. The predicted octanol–water partition coefficient (Wildman–Crippen LogP) is 2.68. The van der Waals surface area contributed by atoms with Gasteiger partial charge in [0.25, 0.3) is 5.69 Å². The molecule has 0 saturated heterocycles. The van der Waals surface area contributed by atoms with E-state index in [1.807, 2.05) is 0 Å². The van der Waals surface area contributed by atoms with E-state index in [0.717, 1.165) is 24.0 Å². The van der Waals surface area contributed by atoms with Crippen LogP contribution in [0.25, 0.3) is 0 Å². The first-order valence-electron chi connectivity index (χ1n) is 5.41. The molecule has 0 bridgehead atoms. The fraction of sp³-hybridized carbons (Fsp3) is 0.500. The van der Waals surface area contributed by atoms with Crippen LogP contribution in [0.4, 0.5) is 5.69 Å². The zero-order valence-corrected chi connectivity index (χ0v) is 9.64. The van der Waals surface area contributed by atoms with Crippen LogP contribution in [0.3, 0.4) is 0 Å². The van der Waals surface area contributed by atoms with E-state index < -0.39 is 4.92 Å². The number of hydrogen-bond donors (Lipinski definition) is 1. The summed E-state index contributed by atoms with van der Waals surface area (Å²) in [6.07, 6.45) is 1.74. The molecule has 0 aliphatic heterocycles. The Bertz CT molecular complexity index is 375. The fourth-order valence-electron chi connectivity index (χ4n) is 1.56. The molecule has 0 aliphatic rings. The van der Waals surface area contributed by atoms with Crippen molar-refractivity contribution in [1.82, 2.24) is 0 Å². The van der Waals surface area contributed by atoms with Crippen LogP contribution >= 0.6 is 0 Å². The molecule has 0 saturated carbocycles. The van der Waals surface area contributed by atoms with E-state index in [4.69, 9.17) is 5.11 Å². The van der Waals surface area contributed by atoms with Gasteiger partial charge in [-0.25, -0.2) is 0 Å². The Morgan fingerprint density at radius 1 is 1.38 bits per heavy atom. The molecule has 0 aliphatic carbocycles. The van der Waals surface area contributed by atoms with Gasteiger partial charge in [-0.1, -0.05) is 13.8 Å². The second-order valence-electron chi connectivity index (χ2n) is 4.30. The van der Waals surface area contributed by atoms with Gasteiger partial charge in [0.2, 0.25) is 0 Å². The summed E-state index contributed by atoms with van der Waals surface area (Å²) in [6.45, 7) is 4.15. The van der Waals surface area contributed by atoms with Gasteiger partial charge in [-0.2, -0.15) is 0 Å². The van der Waals surface area contributed by atoms with E-state index in [1.54, 1.807) is 12.1 Å². The summed E-state index contributed by atoms with van der Waals surface area (Å²) >= 11 is 0. The first-order chi connectivity index (χ1) is 7.54. The number of aliphatic hydroxyl groups excluding tert-OH is 1. The summed E-state index contributed by atoms with van der Waals surface area (Å²) in [7, 11) is 0. The molecule has 0 unspecified atom stereocenters. The highest BCUT2D eigenvalue weighted by Crippen LogP contribution is 2.20. The van der Waals surface area contributed by atoms with Gasteiger partial charge in [-0.05, 0) is 36.0 Å². The van der Waals surface area contributed by atoms with E-state index in [9.17, 15) is 10.1 Å². The minimum Gasteiger partial charge on any atom is -0.392 e. The Hall–Kier alpha value is -1.42. The van der Waals surface area contributed by atoms with E-state index in [0.29, 0.717) is 5.92 Å². The maximum absolute atomic E-state index is 10.6. The van der Waals surface area contributed by atoms with Gasteiger partial charge in [0.15, 0.2) is 0 Å². The molecule has 1 rings (SSSR count). The smallest absolute Gasteiger partial charge is 0.269 e. The van der Waals surface area contributed by atoms with Crippen molar-refractivity contribution in [3.63, 3.8) is 0 Å². The maximum atomic E-state index is 10.6. The van der Waals surface area contributed by atoms with Gasteiger partial charge in [-0.3, -0.25) is 10.1 Å². The molecule has 0 fully saturated rings.